The zero-order chi connectivity index (χ0) is 12.4. The molecule has 0 aromatic carbocycles. The molecule has 1 saturated heterocycles. The van der Waals surface area contributed by atoms with Crippen LogP contribution in [0, 0.1) is 0 Å². The lowest BCUT2D eigenvalue weighted by Gasteiger charge is -2.40. The molecule has 1 aromatic rings. The molecule has 2 N–H and O–H groups in total. The first-order valence-corrected chi connectivity index (χ1v) is 6.26. The SMILES string of the molecule is CC(N)C(c1ccco1)N1C[C@@H](C)O[C@@H](C)C1. The molecule has 96 valence electrons. The molecule has 2 unspecified atom stereocenters. The third kappa shape index (κ3) is 2.89. The number of morpholine rings is 1. The van der Waals surface area contributed by atoms with E-state index in [1.54, 1.807) is 6.26 Å². The van der Waals surface area contributed by atoms with Crippen LogP contribution in [0.3, 0.4) is 0 Å². The molecule has 0 spiro atoms. The van der Waals surface area contributed by atoms with E-state index in [-0.39, 0.29) is 24.3 Å². The highest BCUT2D eigenvalue weighted by Crippen LogP contribution is 2.27. The summed E-state index contributed by atoms with van der Waals surface area (Å²) in [6.45, 7) is 8.03. The van der Waals surface area contributed by atoms with Gasteiger partial charge in [0, 0.05) is 19.1 Å². The van der Waals surface area contributed by atoms with E-state index in [4.69, 9.17) is 14.9 Å². The van der Waals surface area contributed by atoms with Gasteiger partial charge in [-0.25, -0.2) is 0 Å². The molecule has 2 rings (SSSR count). The van der Waals surface area contributed by atoms with E-state index in [0.29, 0.717) is 0 Å². The summed E-state index contributed by atoms with van der Waals surface area (Å²) >= 11 is 0. The molecule has 0 saturated carbocycles. The zero-order valence-electron chi connectivity index (χ0n) is 10.8. The standard InChI is InChI=1S/C13H22N2O2/c1-9-7-15(8-10(2)17-9)13(11(3)14)12-5-4-6-16-12/h4-6,9-11,13H,7-8,14H2,1-3H3/t9-,10+,11?,13?. The minimum Gasteiger partial charge on any atom is -0.468 e. The van der Waals surface area contributed by atoms with Gasteiger partial charge in [-0.2, -0.15) is 0 Å². The fourth-order valence-corrected chi connectivity index (χ4v) is 2.68. The number of nitrogens with zero attached hydrogens (tertiary/aromatic N) is 1. The number of hydrogen-bond donors (Lipinski definition) is 1. The van der Waals surface area contributed by atoms with Crippen molar-refractivity contribution in [3.05, 3.63) is 24.2 Å². The predicted octanol–water partition coefficient (Wildman–Crippen LogP) is 1.78. The molecular formula is C13H22N2O2. The van der Waals surface area contributed by atoms with Gasteiger partial charge in [0.2, 0.25) is 0 Å². The van der Waals surface area contributed by atoms with Gasteiger partial charge in [-0.05, 0) is 32.9 Å². The van der Waals surface area contributed by atoms with Crippen molar-refractivity contribution in [2.45, 2.75) is 45.1 Å². The summed E-state index contributed by atoms with van der Waals surface area (Å²) in [4.78, 5) is 2.36. The van der Waals surface area contributed by atoms with Crippen LogP contribution in [0.4, 0.5) is 0 Å². The second kappa shape index (κ2) is 5.21. The quantitative estimate of drug-likeness (QED) is 0.872. The van der Waals surface area contributed by atoms with E-state index in [9.17, 15) is 0 Å². The van der Waals surface area contributed by atoms with Crippen LogP contribution in [0.5, 0.6) is 0 Å². The first-order valence-electron chi connectivity index (χ1n) is 6.26. The summed E-state index contributed by atoms with van der Waals surface area (Å²) in [6.07, 6.45) is 2.20. The maximum atomic E-state index is 6.11. The Morgan fingerprint density at radius 3 is 2.47 bits per heavy atom. The van der Waals surface area contributed by atoms with E-state index >= 15 is 0 Å². The Kier molecular flexibility index (Phi) is 3.86. The van der Waals surface area contributed by atoms with Crippen LogP contribution in [0.2, 0.25) is 0 Å². The van der Waals surface area contributed by atoms with Gasteiger partial charge in [-0.15, -0.1) is 0 Å². The molecule has 4 heteroatoms. The molecule has 0 aliphatic carbocycles. The van der Waals surface area contributed by atoms with Gasteiger partial charge in [0.1, 0.15) is 5.76 Å². The summed E-state index contributed by atoms with van der Waals surface area (Å²) in [6, 6.07) is 4.09. The van der Waals surface area contributed by atoms with Crippen molar-refractivity contribution in [1.29, 1.82) is 0 Å². The normalized spacial score (nSPS) is 30.1. The molecule has 4 atom stereocenters. The average molecular weight is 238 g/mol. The topological polar surface area (TPSA) is 51.6 Å². The van der Waals surface area contributed by atoms with Gasteiger partial charge >= 0.3 is 0 Å². The monoisotopic (exact) mass is 238 g/mol. The zero-order valence-corrected chi connectivity index (χ0v) is 10.8. The third-order valence-electron chi connectivity index (χ3n) is 3.17. The molecular weight excluding hydrogens is 216 g/mol. The summed E-state index contributed by atoms with van der Waals surface area (Å²) in [5.74, 6) is 0.946. The summed E-state index contributed by atoms with van der Waals surface area (Å²) < 4.78 is 11.3. The lowest BCUT2D eigenvalue weighted by atomic mass is 10.0. The second-order valence-corrected chi connectivity index (χ2v) is 5.03. The van der Waals surface area contributed by atoms with Gasteiger partial charge in [-0.1, -0.05) is 0 Å². The molecule has 0 amide bonds. The van der Waals surface area contributed by atoms with Gasteiger partial charge in [0.15, 0.2) is 0 Å². The summed E-state index contributed by atoms with van der Waals surface area (Å²) in [7, 11) is 0. The molecule has 2 heterocycles. The molecule has 0 bridgehead atoms. The number of nitrogens with two attached hydrogens (primary N) is 1. The van der Waals surface area contributed by atoms with Gasteiger partial charge < -0.3 is 14.9 Å². The minimum absolute atomic E-state index is 0.0404. The highest BCUT2D eigenvalue weighted by atomic mass is 16.5. The third-order valence-corrected chi connectivity index (χ3v) is 3.17. The highest BCUT2D eigenvalue weighted by Gasteiger charge is 2.32. The van der Waals surface area contributed by atoms with Crippen molar-refractivity contribution in [2.24, 2.45) is 5.73 Å². The molecule has 1 fully saturated rings. The van der Waals surface area contributed by atoms with Gasteiger partial charge in [0.25, 0.3) is 0 Å². The molecule has 1 aliphatic rings. The molecule has 1 aromatic heterocycles. The lowest BCUT2D eigenvalue weighted by molar-refractivity contribution is -0.0853. The van der Waals surface area contributed by atoms with E-state index < -0.39 is 0 Å². The molecule has 17 heavy (non-hydrogen) atoms. The van der Waals surface area contributed by atoms with Gasteiger partial charge in [0.05, 0.1) is 24.5 Å². The Balaban J connectivity index is 2.16. The summed E-state index contributed by atoms with van der Waals surface area (Å²) in [5, 5.41) is 0. The van der Waals surface area contributed by atoms with Crippen LogP contribution in [0.25, 0.3) is 0 Å². The van der Waals surface area contributed by atoms with Crippen LogP contribution < -0.4 is 5.73 Å². The second-order valence-electron chi connectivity index (χ2n) is 5.03. The maximum absolute atomic E-state index is 6.11. The largest absolute Gasteiger partial charge is 0.468 e. The van der Waals surface area contributed by atoms with Crippen molar-refractivity contribution in [2.75, 3.05) is 13.1 Å². The smallest absolute Gasteiger partial charge is 0.122 e. The van der Waals surface area contributed by atoms with E-state index in [1.807, 2.05) is 19.1 Å². The molecule has 0 radical (unpaired) electrons. The van der Waals surface area contributed by atoms with E-state index in [2.05, 4.69) is 18.7 Å². The van der Waals surface area contributed by atoms with Crippen molar-refractivity contribution < 1.29 is 9.15 Å². The fourth-order valence-electron chi connectivity index (χ4n) is 2.68. The van der Waals surface area contributed by atoms with Crippen molar-refractivity contribution in [1.82, 2.24) is 4.90 Å². The van der Waals surface area contributed by atoms with E-state index in [0.717, 1.165) is 18.8 Å². The Morgan fingerprint density at radius 1 is 1.35 bits per heavy atom. The summed E-state index contributed by atoms with van der Waals surface area (Å²) in [5.41, 5.74) is 6.11. The predicted molar refractivity (Wildman–Crippen MR) is 66.7 cm³/mol. The molecule has 4 nitrogen and oxygen atoms in total. The van der Waals surface area contributed by atoms with Crippen LogP contribution in [-0.2, 0) is 4.74 Å². The van der Waals surface area contributed by atoms with Crippen molar-refractivity contribution in [3.63, 3.8) is 0 Å². The van der Waals surface area contributed by atoms with Crippen molar-refractivity contribution in [3.8, 4) is 0 Å². The maximum Gasteiger partial charge on any atom is 0.122 e. The fraction of sp³-hybridized carbons (Fsp3) is 0.692. The Bertz CT molecular complexity index is 327. The highest BCUT2D eigenvalue weighted by molar-refractivity contribution is 5.08. The lowest BCUT2D eigenvalue weighted by Crippen LogP contribution is -2.50. The van der Waals surface area contributed by atoms with Crippen LogP contribution >= 0.6 is 0 Å². The average Bonchev–Trinajstić information content (AvgIpc) is 2.68. The minimum atomic E-state index is 0.0404. The Hall–Kier alpha value is -0.840. The first kappa shape index (κ1) is 12.6. The number of rotatable bonds is 3. The number of furan rings is 1. The first-order chi connectivity index (χ1) is 8.08. The van der Waals surface area contributed by atoms with E-state index in [1.165, 1.54) is 0 Å². The van der Waals surface area contributed by atoms with Crippen LogP contribution in [0.15, 0.2) is 22.8 Å². The molecule has 1 aliphatic heterocycles. The van der Waals surface area contributed by atoms with Crippen LogP contribution in [0.1, 0.15) is 32.6 Å². The van der Waals surface area contributed by atoms with Crippen molar-refractivity contribution >= 4 is 0 Å². The van der Waals surface area contributed by atoms with Gasteiger partial charge in [-0.3, -0.25) is 4.90 Å². The number of ether oxygens (including phenoxy) is 1. The van der Waals surface area contributed by atoms with Crippen LogP contribution in [-0.4, -0.2) is 36.2 Å². The Morgan fingerprint density at radius 2 is 2.00 bits per heavy atom. The Labute approximate surface area is 103 Å². The number of hydrogen-bond acceptors (Lipinski definition) is 4.